The summed E-state index contributed by atoms with van der Waals surface area (Å²) in [5.41, 5.74) is 22.6. The van der Waals surface area contributed by atoms with E-state index in [0.29, 0.717) is 0 Å². The topological polar surface area (TPSA) is 70.5 Å². The second-order valence-electron chi connectivity index (χ2n) is 8.72. The van der Waals surface area contributed by atoms with E-state index in [-0.39, 0.29) is 0 Å². The summed E-state index contributed by atoms with van der Waals surface area (Å²) in [6.45, 7) is 4.25. The molecule has 0 fully saturated rings. The van der Waals surface area contributed by atoms with Gasteiger partial charge in [-0.2, -0.15) is 0 Å². The largest absolute Gasteiger partial charge is 0.497 e. The Hall–Kier alpha value is -3.92. The number of aryl methyl sites for hydroxylation is 2. The van der Waals surface area contributed by atoms with Crippen molar-refractivity contribution in [3.8, 4) is 22.6 Å². The summed E-state index contributed by atoms with van der Waals surface area (Å²) in [6, 6.07) is 25.0. The highest BCUT2D eigenvalue weighted by molar-refractivity contribution is 5.88. The van der Waals surface area contributed by atoms with E-state index in [1.165, 1.54) is 33.4 Å². The molecule has 1 aliphatic carbocycles. The Labute approximate surface area is 194 Å². The molecule has 0 unspecified atom stereocenters. The van der Waals surface area contributed by atoms with E-state index in [2.05, 4.69) is 50.2 Å². The molecule has 0 aromatic heterocycles. The first-order valence-corrected chi connectivity index (χ1v) is 11.0. The Balaban J connectivity index is 2.01. The summed E-state index contributed by atoms with van der Waals surface area (Å²) in [7, 11) is 3.41. The van der Waals surface area contributed by atoms with Crippen molar-refractivity contribution in [3.05, 3.63) is 106 Å². The second-order valence-corrected chi connectivity index (χ2v) is 8.72. The summed E-state index contributed by atoms with van der Waals surface area (Å²) in [5.74, 6) is 1.64. The van der Waals surface area contributed by atoms with Gasteiger partial charge in [-0.15, -0.1) is 0 Å². The van der Waals surface area contributed by atoms with Crippen LogP contribution in [-0.4, -0.2) is 14.2 Å². The van der Waals surface area contributed by atoms with Gasteiger partial charge in [0.1, 0.15) is 11.5 Å². The third-order valence-corrected chi connectivity index (χ3v) is 6.86. The number of benzene rings is 4. The minimum Gasteiger partial charge on any atom is -0.497 e. The van der Waals surface area contributed by atoms with Crippen LogP contribution in [0.3, 0.4) is 0 Å². The minimum absolute atomic E-state index is 0.580. The molecule has 0 saturated carbocycles. The number of fused-ring (bicyclic) bond motifs is 3. The van der Waals surface area contributed by atoms with E-state index < -0.39 is 5.41 Å². The van der Waals surface area contributed by atoms with Crippen LogP contribution in [0.15, 0.2) is 72.8 Å². The number of ether oxygens (including phenoxy) is 2. The highest BCUT2D eigenvalue weighted by atomic mass is 16.5. The second kappa shape index (κ2) is 7.59. The molecule has 0 bridgehead atoms. The van der Waals surface area contributed by atoms with Crippen molar-refractivity contribution in [2.75, 3.05) is 25.7 Å². The smallest absolute Gasteiger partial charge is 0.119 e. The molecule has 0 spiro atoms. The number of hydrogen-bond acceptors (Lipinski definition) is 4. The van der Waals surface area contributed by atoms with Gasteiger partial charge in [0, 0.05) is 11.4 Å². The number of methoxy groups -OCH3 is 2. The number of rotatable bonds is 4. The Kier molecular flexibility index (Phi) is 4.82. The monoisotopic (exact) mass is 436 g/mol. The first kappa shape index (κ1) is 21.0. The van der Waals surface area contributed by atoms with Crippen LogP contribution in [0.4, 0.5) is 11.4 Å². The van der Waals surface area contributed by atoms with E-state index in [4.69, 9.17) is 20.9 Å². The molecule has 166 valence electrons. The highest BCUT2D eigenvalue weighted by Gasteiger charge is 2.48. The highest BCUT2D eigenvalue weighted by Crippen LogP contribution is 2.58. The first-order valence-electron chi connectivity index (χ1n) is 11.0. The fourth-order valence-electron chi connectivity index (χ4n) is 5.48. The van der Waals surface area contributed by atoms with Crippen LogP contribution in [0.2, 0.25) is 0 Å². The lowest BCUT2D eigenvalue weighted by atomic mass is 9.65. The molecule has 0 heterocycles. The summed E-state index contributed by atoms with van der Waals surface area (Å²) in [4.78, 5) is 0. The fourth-order valence-corrected chi connectivity index (χ4v) is 5.48. The minimum atomic E-state index is -0.580. The van der Waals surface area contributed by atoms with E-state index in [1.54, 1.807) is 14.2 Å². The Morgan fingerprint density at radius 2 is 0.970 bits per heavy atom. The molecule has 0 saturated heterocycles. The maximum absolute atomic E-state index is 6.18. The maximum Gasteiger partial charge on any atom is 0.119 e. The predicted molar refractivity (Wildman–Crippen MR) is 135 cm³/mol. The molecular weight excluding hydrogens is 408 g/mol. The van der Waals surface area contributed by atoms with Gasteiger partial charge in [0.25, 0.3) is 0 Å². The van der Waals surface area contributed by atoms with Crippen molar-refractivity contribution in [1.82, 2.24) is 0 Å². The third kappa shape index (κ3) is 2.98. The van der Waals surface area contributed by atoms with Crippen molar-refractivity contribution in [1.29, 1.82) is 0 Å². The quantitative estimate of drug-likeness (QED) is 0.347. The van der Waals surface area contributed by atoms with Gasteiger partial charge in [-0.05, 0) is 107 Å². The molecule has 4 heteroatoms. The number of hydrogen-bond donors (Lipinski definition) is 2. The van der Waals surface area contributed by atoms with Crippen molar-refractivity contribution < 1.29 is 9.47 Å². The lowest BCUT2D eigenvalue weighted by molar-refractivity contribution is 0.413. The number of nitrogens with two attached hydrogens (primary N) is 2. The van der Waals surface area contributed by atoms with Crippen molar-refractivity contribution in [3.63, 3.8) is 0 Å². The van der Waals surface area contributed by atoms with E-state index in [1.807, 2.05) is 36.4 Å². The van der Waals surface area contributed by atoms with E-state index in [9.17, 15) is 0 Å². The summed E-state index contributed by atoms with van der Waals surface area (Å²) in [6.07, 6.45) is 0. The van der Waals surface area contributed by atoms with Crippen molar-refractivity contribution in [2.24, 2.45) is 0 Å². The first-order chi connectivity index (χ1) is 15.9. The van der Waals surface area contributed by atoms with Crippen LogP contribution in [0, 0.1) is 13.8 Å². The van der Waals surface area contributed by atoms with Crippen LogP contribution < -0.4 is 20.9 Å². The normalized spacial score (nSPS) is 13.3. The van der Waals surface area contributed by atoms with Crippen LogP contribution in [0.25, 0.3) is 11.1 Å². The molecule has 0 amide bonds. The molecule has 4 nitrogen and oxygen atoms in total. The average Bonchev–Trinajstić information content (AvgIpc) is 3.08. The Morgan fingerprint density at radius 3 is 1.33 bits per heavy atom. The zero-order valence-electron chi connectivity index (χ0n) is 19.4. The summed E-state index contributed by atoms with van der Waals surface area (Å²) < 4.78 is 11.4. The number of nitrogen functional groups attached to an aromatic ring is 2. The van der Waals surface area contributed by atoms with Gasteiger partial charge in [0.05, 0.1) is 19.6 Å². The zero-order chi connectivity index (χ0) is 23.3. The third-order valence-electron chi connectivity index (χ3n) is 6.86. The molecule has 4 aromatic carbocycles. The summed E-state index contributed by atoms with van der Waals surface area (Å²) in [5, 5.41) is 0. The van der Waals surface area contributed by atoms with Crippen LogP contribution >= 0.6 is 0 Å². The standard InChI is InChI=1S/C29H28N2O2/c1-17-13-19(30)5-11-25(17)29(26-12-6-20(31)14-18(26)2)27-15-21(32-3)7-9-23(27)24-10-8-22(33-4)16-28(24)29/h5-16H,30-31H2,1-4H3. The van der Waals surface area contributed by atoms with Crippen LogP contribution in [-0.2, 0) is 5.41 Å². The number of anilines is 2. The van der Waals surface area contributed by atoms with Crippen LogP contribution in [0.1, 0.15) is 33.4 Å². The lowest BCUT2D eigenvalue weighted by Gasteiger charge is -2.36. The maximum atomic E-state index is 6.18. The van der Waals surface area contributed by atoms with Gasteiger partial charge in [0.15, 0.2) is 0 Å². The SMILES string of the molecule is COc1ccc2c(c1)C(c1ccc(N)cc1C)(c1ccc(N)cc1C)c1cc(OC)ccc1-2. The molecule has 0 atom stereocenters. The van der Waals surface area contributed by atoms with Gasteiger partial charge in [0.2, 0.25) is 0 Å². The Morgan fingerprint density at radius 1 is 0.545 bits per heavy atom. The van der Waals surface area contributed by atoms with Gasteiger partial charge in [-0.3, -0.25) is 0 Å². The molecule has 4 N–H and O–H groups in total. The lowest BCUT2D eigenvalue weighted by Crippen LogP contribution is -2.30. The van der Waals surface area contributed by atoms with E-state index >= 15 is 0 Å². The molecule has 33 heavy (non-hydrogen) atoms. The average molecular weight is 437 g/mol. The summed E-state index contributed by atoms with van der Waals surface area (Å²) >= 11 is 0. The van der Waals surface area contributed by atoms with Gasteiger partial charge in [-0.1, -0.05) is 24.3 Å². The van der Waals surface area contributed by atoms with Crippen molar-refractivity contribution >= 4 is 11.4 Å². The molecule has 0 radical (unpaired) electrons. The molecule has 4 aromatic rings. The molecule has 0 aliphatic heterocycles. The van der Waals surface area contributed by atoms with Crippen LogP contribution in [0.5, 0.6) is 11.5 Å². The molecule has 5 rings (SSSR count). The molecular formula is C29H28N2O2. The fraction of sp³-hybridized carbons (Fsp3) is 0.172. The Bertz CT molecular complexity index is 1280. The van der Waals surface area contributed by atoms with Gasteiger partial charge >= 0.3 is 0 Å². The van der Waals surface area contributed by atoms with Gasteiger partial charge < -0.3 is 20.9 Å². The molecule has 1 aliphatic rings. The van der Waals surface area contributed by atoms with E-state index in [0.717, 1.165) is 34.0 Å². The van der Waals surface area contributed by atoms with Crippen molar-refractivity contribution in [2.45, 2.75) is 19.3 Å². The predicted octanol–water partition coefficient (Wildman–Crippen LogP) is 5.85. The zero-order valence-corrected chi connectivity index (χ0v) is 19.4. The van der Waals surface area contributed by atoms with Gasteiger partial charge in [-0.25, -0.2) is 0 Å².